The summed E-state index contributed by atoms with van der Waals surface area (Å²) in [5.74, 6) is 0. The van der Waals surface area contributed by atoms with Gasteiger partial charge in [-0.15, -0.1) is 0 Å². The molecule has 0 aromatic heterocycles. The van der Waals surface area contributed by atoms with Crippen molar-refractivity contribution in [3.05, 3.63) is 60.2 Å². The van der Waals surface area contributed by atoms with Crippen LogP contribution < -0.4 is 5.32 Å². The second kappa shape index (κ2) is 6.94. The van der Waals surface area contributed by atoms with Crippen LogP contribution in [0.5, 0.6) is 0 Å². The standard InChI is InChI=1S/C16H18NO/c1-18-12-11-17-13-14-7-9-16(10-8-14)15-5-3-2-4-6-15/h3-10,17H,11-13H2,1H3. The van der Waals surface area contributed by atoms with Crippen LogP contribution in [-0.4, -0.2) is 20.3 Å². The average molecular weight is 240 g/mol. The van der Waals surface area contributed by atoms with E-state index in [0.29, 0.717) is 0 Å². The summed E-state index contributed by atoms with van der Waals surface area (Å²) in [5.41, 5.74) is 3.76. The number of nitrogens with one attached hydrogen (secondary N) is 1. The molecule has 1 radical (unpaired) electrons. The van der Waals surface area contributed by atoms with Crippen LogP contribution in [0.25, 0.3) is 11.1 Å². The van der Waals surface area contributed by atoms with Crippen LogP contribution in [0.2, 0.25) is 0 Å². The molecule has 0 spiro atoms. The molecule has 0 aliphatic heterocycles. The maximum Gasteiger partial charge on any atom is 0.0587 e. The predicted molar refractivity (Wildman–Crippen MR) is 74.3 cm³/mol. The lowest BCUT2D eigenvalue weighted by atomic mass is 10.0. The normalized spacial score (nSPS) is 10.5. The van der Waals surface area contributed by atoms with Gasteiger partial charge in [0.15, 0.2) is 0 Å². The fraction of sp³-hybridized carbons (Fsp3) is 0.250. The minimum absolute atomic E-state index is 0.749. The fourth-order valence-electron chi connectivity index (χ4n) is 1.80. The van der Waals surface area contributed by atoms with E-state index >= 15 is 0 Å². The summed E-state index contributed by atoms with van der Waals surface area (Å²) in [4.78, 5) is 0. The molecule has 0 saturated carbocycles. The van der Waals surface area contributed by atoms with E-state index < -0.39 is 0 Å². The first-order chi connectivity index (χ1) is 8.90. The van der Waals surface area contributed by atoms with Gasteiger partial charge >= 0.3 is 0 Å². The van der Waals surface area contributed by atoms with E-state index in [0.717, 1.165) is 19.7 Å². The lowest BCUT2D eigenvalue weighted by molar-refractivity contribution is 0.199. The van der Waals surface area contributed by atoms with Gasteiger partial charge in [0, 0.05) is 20.2 Å². The highest BCUT2D eigenvalue weighted by Gasteiger charge is 1.97. The highest BCUT2D eigenvalue weighted by atomic mass is 16.5. The molecular formula is C16H18NO. The second-order valence-electron chi connectivity index (χ2n) is 4.16. The van der Waals surface area contributed by atoms with Crippen molar-refractivity contribution in [2.75, 3.05) is 20.3 Å². The van der Waals surface area contributed by atoms with Gasteiger partial charge in [0.05, 0.1) is 6.61 Å². The summed E-state index contributed by atoms with van der Waals surface area (Å²) in [6, 6.07) is 19.7. The Labute approximate surface area is 109 Å². The maximum atomic E-state index is 4.99. The number of ether oxygens (including phenoxy) is 1. The van der Waals surface area contributed by atoms with Gasteiger partial charge in [-0.25, -0.2) is 0 Å². The van der Waals surface area contributed by atoms with Crippen molar-refractivity contribution < 1.29 is 4.74 Å². The molecule has 0 bridgehead atoms. The summed E-state index contributed by atoms with van der Waals surface area (Å²) in [6.07, 6.45) is 0. The molecule has 93 valence electrons. The van der Waals surface area contributed by atoms with Crippen LogP contribution in [0.15, 0.2) is 48.5 Å². The van der Waals surface area contributed by atoms with Crippen molar-refractivity contribution in [1.29, 1.82) is 0 Å². The zero-order valence-electron chi connectivity index (χ0n) is 10.6. The molecule has 0 atom stereocenters. The summed E-state index contributed by atoms with van der Waals surface area (Å²) >= 11 is 0. The molecular weight excluding hydrogens is 222 g/mol. The smallest absolute Gasteiger partial charge is 0.0587 e. The Bertz CT molecular complexity index is 450. The van der Waals surface area contributed by atoms with Gasteiger partial charge in [-0.05, 0) is 22.8 Å². The number of rotatable bonds is 6. The zero-order chi connectivity index (χ0) is 12.6. The van der Waals surface area contributed by atoms with E-state index in [1.54, 1.807) is 7.11 Å². The van der Waals surface area contributed by atoms with Gasteiger partial charge in [-0.3, -0.25) is 0 Å². The molecule has 18 heavy (non-hydrogen) atoms. The third kappa shape index (κ3) is 3.69. The Kier molecular flexibility index (Phi) is 4.94. The Morgan fingerprint density at radius 2 is 1.67 bits per heavy atom. The third-order valence-corrected chi connectivity index (χ3v) is 2.82. The molecule has 2 aromatic rings. The zero-order valence-corrected chi connectivity index (χ0v) is 10.6. The van der Waals surface area contributed by atoms with Gasteiger partial charge in [0.25, 0.3) is 0 Å². The van der Waals surface area contributed by atoms with E-state index in [1.807, 2.05) is 12.1 Å². The number of methoxy groups -OCH3 is 1. The van der Waals surface area contributed by atoms with Gasteiger partial charge in [-0.1, -0.05) is 48.5 Å². The minimum Gasteiger partial charge on any atom is -0.383 e. The van der Waals surface area contributed by atoms with E-state index in [2.05, 4.69) is 47.8 Å². The van der Waals surface area contributed by atoms with Crippen molar-refractivity contribution in [3.8, 4) is 11.1 Å². The Morgan fingerprint density at radius 3 is 2.33 bits per heavy atom. The fourth-order valence-corrected chi connectivity index (χ4v) is 1.80. The first-order valence-corrected chi connectivity index (χ1v) is 6.15. The Balaban J connectivity index is 1.94. The molecule has 2 nitrogen and oxygen atoms in total. The summed E-state index contributed by atoms with van der Waals surface area (Å²) in [7, 11) is 1.72. The molecule has 0 fully saturated rings. The predicted octanol–water partition coefficient (Wildman–Crippen LogP) is 2.89. The number of hydrogen-bond acceptors (Lipinski definition) is 2. The first kappa shape index (κ1) is 12.8. The molecule has 2 heteroatoms. The van der Waals surface area contributed by atoms with Crippen molar-refractivity contribution in [2.45, 2.75) is 6.54 Å². The van der Waals surface area contributed by atoms with Crippen molar-refractivity contribution in [2.24, 2.45) is 0 Å². The van der Waals surface area contributed by atoms with E-state index in [1.165, 1.54) is 16.7 Å². The van der Waals surface area contributed by atoms with Crippen LogP contribution in [-0.2, 0) is 11.3 Å². The first-order valence-electron chi connectivity index (χ1n) is 6.15. The molecule has 0 saturated heterocycles. The van der Waals surface area contributed by atoms with Gasteiger partial charge in [-0.2, -0.15) is 0 Å². The van der Waals surface area contributed by atoms with Crippen molar-refractivity contribution in [3.63, 3.8) is 0 Å². The Morgan fingerprint density at radius 1 is 1.00 bits per heavy atom. The SMILES string of the molecule is COCCNCc1ccc(-c2cc[c]cc2)cc1. The summed E-state index contributed by atoms with van der Waals surface area (Å²) < 4.78 is 4.99. The third-order valence-electron chi connectivity index (χ3n) is 2.82. The molecule has 0 aliphatic carbocycles. The molecule has 0 amide bonds. The highest BCUT2D eigenvalue weighted by molar-refractivity contribution is 5.63. The minimum atomic E-state index is 0.749. The molecule has 0 unspecified atom stereocenters. The van der Waals surface area contributed by atoms with E-state index in [4.69, 9.17) is 4.74 Å². The van der Waals surface area contributed by atoms with Gasteiger partial charge in [0.2, 0.25) is 0 Å². The van der Waals surface area contributed by atoms with Crippen molar-refractivity contribution in [1.82, 2.24) is 5.32 Å². The van der Waals surface area contributed by atoms with Gasteiger partial charge < -0.3 is 10.1 Å². The average Bonchev–Trinajstić information content (AvgIpc) is 2.45. The van der Waals surface area contributed by atoms with E-state index in [9.17, 15) is 0 Å². The van der Waals surface area contributed by atoms with Crippen LogP contribution in [0, 0.1) is 6.07 Å². The monoisotopic (exact) mass is 240 g/mol. The molecule has 2 aromatic carbocycles. The molecule has 1 N–H and O–H groups in total. The maximum absolute atomic E-state index is 4.99. The largest absolute Gasteiger partial charge is 0.383 e. The summed E-state index contributed by atoms with van der Waals surface area (Å²) in [5, 5.41) is 3.33. The quantitative estimate of drug-likeness (QED) is 0.784. The lowest BCUT2D eigenvalue weighted by Gasteiger charge is -2.06. The summed E-state index contributed by atoms with van der Waals surface area (Å²) in [6.45, 7) is 2.51. The number of benzene rings is 2. The Hall–Kier alpha value is -1.64. The topological polar surface area (TPSA) is 21.3 Å². The van der Waals surface area contributed by atoms with Crippen LogP contribution in [0.1, 0.15) is 5.56 Å². The molecule has 0 heterocycles. The molecule has 0 aliphatic rings. The van der Waals surface area contributed by atoms with Crippen LogP contribution >= 0.6 is 0 Å². The second-order valence-corrected chi connectivity index (χ2v) is 4.16. The van der Waals surface area contributed by atoms with E-state index in [-0.39, 0.29) is 0 Å². The number of hydrogen-bond donors (Lipinski definition) is 1. The lowest BCUT2D eigenvalue weighted by Crippen LogP contribution is -2.18. The van der Waals surface area contributed by atoms with Gasteiger partial charge in [0.1, 0.15) is 0 Å². The molecule has 2 rings (SSSR count). The van der Waals surface area contributed by atoms with Crippen molar-refractivity contribution >= 4 is 0 Å². The van der Waals surface area contributed by atoms with Crippen LogP contribution in [0.3, 0.4) is 0 Å². The highest BCUT2D eigenvalue weighted by Crippen LogP contribution is 2.18. The van der Waals surface area contributed by atoms with Crippen LogP contribution in [0.4, 0.5) is 0 Å².